The summed E-state index contributed by atoms with van der Waals surface area (Å²) in [6, 6.07) is 17.9. The van der Waals surface area contributed by atoms with Crippen LogP contribution < -0.4 is 14.8 Å². The van der Waals surface area contributed by atoms with Crippen LogP contribution in [-0.4, -0.2) is 36.5 Å². The lowest BCUT2D eigenvalue weighted by Crippen LogP contribution is -2.18. The van der Waals surface area contributed by atoms with Crippen LogP contribution in [0, 0.1) is 0 Å². The molecule has 0 spiro atoms. The van der Waals surface area contributed by atoms with Crippen molar-refractivity contribution in [3.63, 3.8) is 0 Å². The van der Waals surface area contributed by atoms with Gasteiger partial charge in [0.15, 0.2) is 0 Å². The average molecular weight is 450 g/mol. The van der Waals surface area contributed by atoms with Crippen molar-refractivity contribution in [3.8, 4) is 11.6 Å². The van der Waals surface area contributed by atoms with Gasteiger partial charge in [-0.15, -0.1) is 0 Å². The first-order chi connectivity index (χ1) is 15.4. The van der Waals surface area contributed by atoms with Crippen molar-refractivity contribution < 1.29 is 23.1 Å². The van der Waals surface area contributed by atoms with Crippen LogP contribution in [0.15, 0.2) is 77.8 Å². The fourth-order valence-corrected chi connectivity index (χ4v) is 3.86. The van der Waals surface area contributed by atoms with Gasteiger partial charge in [0.25, 0.3) is 0 Å². The quantitative estimate of drug-likeness (QED) is 0.388. The molecule has 162 valence electrons. The number of fused-ring (bicyclic) bond motifs is 1. The van der Waals surface area contributed by atoms with Gasteiger partial charge in [-0.3, -0.25) is 0 Å². The van der Waals surface area contributed by atoms with Crippen LogP contribution in [0.5, 0.6) is 11.6 Å². The largest absolute Gasteiger partial charge is 0.478 e. The topological polar surface area (TPSA) is 131 Å². The zero-order valence-corrected chi connectivity index (χ0v) is 17.6. The Labute approximate surface area is 183 Å². The molecule has 0 aliphatic rings. The molecule has 4 aromatic rings. The van der Waals surface area contributed by atoms with E-state index >= 15 is 0 Å². The second-order valence-corrected chi connectivity index (χ2v) is 8.56. The van der Waals surface area contributed by atoms with Crippen LogP contribution in [0.2, 0.25) is 0 Å². The molecule has 0 saturated carbocycles. The number of carbonyl (C=O) groups is 1. The number of anilines is 2. The molecule has 0 aliphatic carbocycles. The number of sulfonamides is 1. The molecule has 0 aliphatic heterocycles. The van der Waals surface area contributed by atoms with Crippen LogP contribution in [0.1, 0.15) is 10.4 Å². The summed E-state index contributed by atoms with van der Waals surface area (Å²) in [6.07, 6.45) is 1.50. The first kappa shape index (κ1) is 21.2. The standard InChI is InChI=1S/C22H18N4O5S/c1-23-32(29,30)17-6-3-5-15(13-17)25-22-24-11-10-20(26-22)31-16-8-9-18-14(12-16)4-2-7-19(18)21(27)28/h2-13,23H,1H3,(H,27,28)(H,24,25,26). The Bertz CT molecular complexity index is 1420. The highest BCUT2D eigenvalue weighted by atomic mass is 32.2. The van der Waals surface area contributed by atoms with E-state index in [0.29, 0.717) is 16.8 Å². The van der Waals surface area contributed by atoms with Gasteiger partial charge in [0.05, 0.1) is 10.5 Å². The number of rotatable bonds is 7. The molecule has 0 amide bonds. The Morgan fingerprint density at radius 2 is 1.84 bits per heavy atom. The maximum Gasteiger partial charge on any atom is 0.336 e. The van der Waals surface area contributed by atoms with Crippen molar-refractivity contribution in [3.05, 3.63) is 78.5 Å². The van der Waals surface area contributed by atoms with E-state index in [1.54, 1.807) is 54.6 Å². The second-order valence-electron chi connectivity index (χ2n) is 6.67. The molecule has 0 bridgehead atoms. The van der Waals surface area contributed by atoms with Crippen LogP contribution in [0.3, 0.4) is 0 Å². The number of aromatic carboxylic acids is 1. The Morgan fingerprint density at radius 3 is 2.62 bits per heavy atom. The predicted octanol–water partition coefficient (Wildman–Crippen LogP) is 3.77. The van der Waals surface area contributed by atoms with Crippen molar-refractivity contribution in [2.24, 2.45) is 0 Å². The van der Waals surface area contributed by atoms with Gasteiger partial charge in [0.1, 0.15) is 5.75 Å². The highest BCUT2D eigenvalue weighted by Crippen LogP contribution is 2.27. The Hall–Kier alpha value is -4.02. The summed E-state index contributed by atoms with van der Waals surface area (Å²) in [6.45, 7) is 0. The molecule has 0 fully saturated rings. The molecule has 0 radical (unpaired) electrons. The van der Waals surface area contributed by atoms with E-state index in [1.165, 1.54) is 25.4 Å². The van der Waals surface area contributed by atoms with Crippen molar-refractivity contribution in [1.29, 1.82) is 0 Å². The molecule has 0 unspecified atom stereocenters. The number of carboxylic acid groups (broad SMARTS) is 1. The number of hydrogen-bond donors (Lipinski definition) is 3. The van der Waals surface area contributed by atoms with Gasteiger partial charge < -0.3 is 15.2 Å². The summed E-state index contributed by atoms with van der Waals surface area (Å²) in [5, 5.41) is 13.6. The van der Waals surface area contributed by atoms with Gasteiger partial charge in [0, 0.05) is 18.0 Å². The van der Waals surface area contributed by atoms with Gasteiger partial charge in [0.2, 0.25) is 21.9 Å². The van der Waals surface area contributed by atoms with E-state index < -0.39 is 16.0 Å². The first-order valence-corrected chi connectivity index (χ1v) is 10.9. The summed E-state index contributed by atoms with van der Waals surface area (Å²) >= 11 is 0. The summed E-state index contributed by atoms with van der Waals surface area (Å²) in [4.78, 5) is 19.9. The van der Waals surface area contributed by atoms with Crippen LogP contribution in [-0.2, 0) is 10.0 Å². The fraction of sp³-hybridized carbons (Fsp3) is 0.0455. The SMILES string of the molecule is CNS(=O)(=O)c1cccc(Nc2nccc(Oc3ccc4c(C(=O)O)cccc4c3)n2)c1. The smallest absolute Gasteiger partial charge is 0.336 e. The average Bonchev–Trinajstić information content (AvgIpc) is 2.79. The Morgan fingerprint density at radius 1 is 1.03 bits per heavy atom. The normalized spacial score (nSPS) is 11.3. The van der Waals surface area contributed by atoms with Crippen LogP contribution >= 0.6 is 0 Å². The number of hydrogen-bond acceptors (Lipinski definition) is 7. The lowest BCUT2D eigenvalue weighted by atomic mass is 10.0. The fourth-order valence-electron chi connectivity index (χ4n) is 3.08. The minimum atomic E-state index is -3.58. The number of benzene rings is 3. The van der Waals surface area contributed by atoms with Crippen LogP contribution in [0.25, 0.3) is 10.8 Å². The molecule has 0 atom stereocenters. The lowest BCUT2D eigenvalue weighted by Gasteiger charge is -2.10. The number of nitrogens with one attached hydrogen (secondary N) is 2. The number of nitrogens with zero attached hydrogens (tertiary/aromatic N) is 2. The van der Waals surface area contributed by atoms with Crippen LogP contribution in [0.4, 0.5) is 11.6 Å². The van der Waals surface area contributed by atoms with E-state index in [-0.39, 0.29) is 22.3 Å². The number of ether oxygens (including phenoxy) is 1. The first-order valence-electron chi connectivity index (χ1n) is 9.43. The Kier molecular flexibility index (Phi) is 5.71. The molecule has 1 aromatic heterocycles. The zero-order chi connectivity index (χ0) is 22.7. The second kappa shape index (κ2) is 8.61. The molecular weight excluding hydrogens is 432 g/mol. The third kappa shape index (κ3) is 4.51. The summed E-state index contributed by atoms with van der Waals surface area (Å²) in [7, 11) is -2.24. The minimum absolute atomic E-state index is 0.106. The molecule has 3 aromatic carbocycles. The summed E-state index contributed by atoms with van der Waals surface area (Å²) in [5.41, 5.74) is 0.704. The maximum absolute atomic E-state index is 12.0. The summed E-state index contributed by atoms with van der Waals surface area (Å²) < 4.78 is 32.1. The molecule has 4 rings (SSSR count). The summed E-state index contributed by atoms with van der Waals surface area (Å²) in [5.74, 6) is -0.0418. The van der Waals surface area contributed by atoms with E-state index in [9.17, 15) is 18.3 Å². The molecule has 1 heterocycles. The molecule has 0 saturated heterocycles. The molecule has 32 heavy (non-hydrogen) atoms. The van der Waals surface area contributed by atoms with Gasteiger partial charge >= 0.3 is 5.97 Å². The van der Waals surface area contributed by atoms with Gasteiger partial charge in [-0.25, -0.2) is 22.9 Å². The van der Waals surface area contributed by atoms with Crippen molar-refractivity contribution >= 4 is 38.4 Å². The zero-order valence-electron chi connectivity index (χ0n) is 16.8. The molecular formula is C22H18N4O5S. The maximum atomic E-state index is 12.0. The monoisotopic (exact) mass is 450 g/mol. The van der Waals surface area contributed by atoms with Gasteiger partial charge in [-0.2, -0.15) is 4.98 Å². The van der Waals surface area contributed by atoms with E-state index in [2.05, 4.69) is 20.0 Å². The lowest BCUT2D eigenvalue weighted by molar-refractivity contribution is 0.0699. The van der Waals surface area contributed by atoms with Crippen molar-refractivity contribution in [1.82, 2.24) is 14.7 Å². The third-order valence-electron chi connectivity index (χ3n) is 4.60. The third-order valence-corrected chi connectivity index (χ3v) is 6.02. The van der Waals surface area contributed by atoms with Crippen molar-refractivity contribution in [2.45, 2.75) is 4.90 Å². The van der Waals surface area contributed by atoms with Gasteiger partial charge in [-0.1, -0.05) is 18.2 Å². The van der Waals surface area contributed by atoms with E-state index in [4.69, 9.17) is 4.74 Å². The minimum Gasteiger partial charge on any atom is -0.478 e. The number of aromatic nitrogens is 2. The molecule has 9 nitrogen and oxygen atoms in total. The van der Waals surface area contributed by atoms with E-state index in [1.807, 2.05) is 0 Å². The van der Waals surface area contributed by atoms with Crippen molar-refractivity contribution in [2.75, 3.05) is 12.4 Å². The molecule has 3 N–H and O–H groups in total. The Balaban J connectivity index is 1.57. The molecule has 10 heteroatoms. The number of carboxylic acids is 1. The highest BCUT2D eigenvalue weighted by Gasteiger charge is 2.12. The van der Waals surface area contributed by atoms with E-state index in [0.717, 1.165) is 5.39 Å². The highest BCUT2D eigenvalue weighted by molar-refractivity contribution is 7.89. The predicted molar refractivity (Wildman–Crippen MR) is 119 cm³/mol. The van der Waals surface area contributed by atoms with Gasteiger partial charge in [-0.05, 0) is 60.3 Å².